The van der Waals surface area contributed by atoms with Gasteiger partial charge >= 0.3 is 0 Å². The van der Waals surface area contributed by atoms with Gasteiger partial charge in [-0.05, 0) is 42.7 Å². The minimum absolute atomic E-state index is 0.0665. The number of aromatic nitrogens is 1. The van der Waals surface area contributed by atoms with Gasteiger partial charge in [0, 0.05) is 31.4 Å². The lowest BCUT2D eigenvalue weighted by atomic mass is 10.0. The van der Waals surface area contributed by atoms with Crippen LogP contribution in [0, 0.1) is 0 Å². The molecule has 1 aromatic heterocycles. The summed E-state index contributed by atoms with van der Waals surface area (Å²) in [6, 6.07) is 11.7. The third-order valence-corrected chi connectivity index (χ3v) is 4.96. The summed E-state index contributed by atoms with van der Waals surface area (Å²) in [6.07, 6.45) is 1.97. The van der Waals surface area contributed by atoms with E-state index in [9.17, 15) is 5.11 Å². The number of hydrogen-bond donors (Lipinski definition) is 2. The molecule has 0 aliphatic carbocycles. The van der Waals surface area contributed by atoms with E-state index in [0.717, 1.165) is 49.1 Å². The summed E-state index contributed by atoms with van der Waals surface area (Å²) >= 11 is 0. The van der Waals surface area contributed by atoms with Gasteiger partial charge in [0.05, 0.1) is 7.11 Å². The molecule has 7 nitrogen and oxygen atoms in total. The van der Waals surface area contributed by atoms with Crippen molar-refractivity contribution >= 4 is 22.8 Å². The Kier molecular flexibility index (Phi) is 4.77. The highest BCUT2D eigenvalue weighted by Gasteiger charge is 2.21. The van der Waals surface area contributed by atoms with E-state index in [2.05, 4.69) is 15.2 Å². The van der Waals surface area contributed by atoms with Crippen molar-refractivity contribution in [2.24, 2.45) is 0 Å². The lowest BCUT2D eigenvalue weighted by Gasteiger charge is -2.32. The SMILES string of the molecule is COc1ccc(CN2CCC(Nc3nc4cc(N)ccc4o3)CC2)cc1[O-]. The van der Waals surface area contributed by atoms with E-state index in [0.29, 0.717) is 23.5 Å². The molecule has 0 radical (unpaired) electrons. The smallest absolute Gasteiger partial charge is 0.295 e. The van der Waals surface area contributed by atoms with Gasteiger partial charge in [0.25, 0.3) is 6.01 Å². The topological polar surface area (TPSA) is 99.6 Å². The van der Waals surface area contributed by atoms with E-state index in [1.54, 1.807) is 12.1 Å². The first-order chi connectivity index (χ1) is 13.1. The standard InChI is InChI=1S/C20H24N4O3/c1-26-19-4-2-13(10-17(19)25)12-24-8-6-15(7-9-24)22-20-23-16-11-14(21)3-5-18(16)27-20/h2-5,10-11,15,25H,6-9,12,21H2,1H3,(H,22,23)/p-1. The van der Waals surface area contributed by atoms with Crippen LogP contribution in [-0.4, -0.2) is 36.1 Å². The van der Waals surface area contributed by atoms with Gasteiger partial charge in [0.15, 0.2) is 5.58 Å². The molecule has 142 valence electrons. The van der Waals surface area contributed by atoms with Gasteiger partial charge in [-0.2, -0.15) is 4.98 Å². The van der Waals surface area contributed by atoms with Crippen LogP contribution >= 0.6 is 0 Å². The van der Waals surface area contributed by atoms with E-state index >= 15 is 0 Å². The summed E-state index contributed by atoms with van der Waals surface area (Å²) in [5, 5.41) is 15.3. The van der Waals surface area contributed by atoms with Crippen LogP contribution in [-0.2, 0) is 6.54 Å². The quantitative estimate of drug-likeness (QED) is 0.669. The van der Waals surface area contributed by atoms with E-state index in [1.807, 2.05) is 24.3 Å². The molecule has 0 saturated carbocycles. The summed E-state index contributed by atoms with van der Waals surface area (Å²) in [6.45, 7) is 2.67. The number of hydrogen-bond acceptors (Lipinski definition) is 7. The van der Waals surface area contributed by atoms with Crippen LogP contribution in [0.5, 0.6) is 11.5 Å². The Hall–Kier alpha value is -2.93. The van der Waals surface area contributed by atoms with Crippen LogP contribution in [0.25, 0.3) is 11.1 Å². The van der Waals surface area contributed by atoms with Crippen LogP contribution in [0.2, 0.25) is 0 Å². The van der Waals surface area contributed by atoms with Crippen LogP contribution in [0.4, 0.5) is 11.7 Å². The largest absolute Gasteiger partial charge is 0.870 e. The van der Waals surface area contributed by atoms with Crippen molar-refractivity contribution in [1.29, 1.82) is 0 Å². The Bertz CT molecular complexity index is 932. The van der Waals surface area contributed by atoms with Gasteiger partial charge in [-0.25, -0.2) is 0 Å². The van der Waals surface area contributed by atoms with Gasteiger partial charge in [0.2, 0.25) is 0 Å². The molecule has 1 fully saturated rings. The first-order valence-corrected chi connectivity index (χ1v) is 9.09. The monoisotopic (exact) mass is 367 g/mol. The minimum atomic E-state index is -0.0665. The number of piperidine rings is 1. The van der Waals surface area contributed by atoms with Crippen molar-refractivity contribution in [3.8, 4) is 11.5 Å². The highest BCUT2D eigenvalue weighted by Crippen LogP contribution is 2.26. The maximum Gasteiger partial charge on any atom is 0.295 e. The number of anilines is 2. The predicted molar refractivity (Wildman–Crippen MR) is 103 cm³/mol. The molecular weight excluding hydrogens is 344 g/mol. The molecule has 0 unspecified atom stereocenters. The van der Waals surface area contributed by atoms with Gasteiger partial charge in [-0.15, -0.1) is 0 Å². The number of methoxy groups -OCH3 is 1. The van der Waals surface area contributed by atoms with Gasteiger partial charge in [-0.3, -0.25) is 4.90 Å². The number of nitrogens with zero attached hydrogens (tertiary/aromatic N) is 2. The number of ether oxygens (including phenoxy) is 1. The van der Waals surface area contributed by atoms with Crippen LogP contribution < -0.4 is 20.9 Å². The zero-order valence-electron chi connectivity index (χ0n) is 15.3. The molecule has 1 aliphatic heterocycles. The number of fused-ring (bicyclic) bond motifs is 1. The number of nitrogen functional groups attached to an aromatic ring is 1. The second kappa shape index (κ2) is 7.36. The maximum absolute atomic E-state index is 11.9. The molecule has 4 rings (SSSR count). The molecule has 1 aliphatic rings. The number of likely N-dealkylation sites (tertiary alicyclic amines) is 1. The van der Waals surface area contributed by atoms with Gasteiger partial charge in [0.1, 0.15) is 11.3 Å². The van der Waals surface area contributed by atoms with Gasteiger partial charge in [-0.1, -0.05) is 17.9 Å². The fourth-order valence-electron chi connectivity index (χ4n) is 3.49. The molecule has 2 aromatic carbocycles. The second-order valence-electron chi connectivity index (χ2n) is 6.93. The van der Waals surface area contributed by atoms with Crippen molar-refractivity contribution in [2.75, 3.05) is 31.2 Å². The fourth-order valence-corrected chi connectivity index (χ4v) is 3.49. The number of nitrogens with one attached hydrogen (secondary N) is 1. The molecule has 27 heavy (non-hydrogen) atoms. The van der Waals surface area contributed by atoms with Crippen LogP contribution in [0.15, 0.2) is 40.8 Å². The first kappa shape index (κ1) is 17.5. The number of rotatable bonds is 5. The number of oxazole rings is 1. The first-order valence-electron chi connectivity index (χ1n) is 9.09. The van der Waals surface area contributed by atoms with Crippen LogP contribution in [0.1, 0.15) is 18.4 Å². The molecule has 0 spiro atoms. The molecule has 2 heterocycles. The van der Waals surface area contributed by atoms with Crippen molar-refractivity contribution in [3.05, 3.63) is 42.0 Å². The average Bonchev–Trinajstić information content (AvgIpc) is 3.05. The second-order valence-corrected chi connectivity index (χ2v) is 6.93. The Morgan fingerprint density at radius 2 is 2.07 bits per heavy atom. The number of nitrogens with two attached hydrogens (primary N) is 1. The minimum Gasteiger partial charge on any atom is -0.870 e. The van der Waals surface area contributed by atoms with E-state index < -0.39 is 0 Å². The zero-order valence-corrected chi connectivity index (χ0v) is 15.3. The molecule has 0 amide bonds. The molecule has 3 aromatic rings. The molecule has 7 heteroatoms. The maximum atomic E-state index is 11.9. The normalized spacial score (nSPS) is 15.9. The molecule has 1 saturated heterocycles. The lowest BCUT2D eigenvalue weighted by Crippen LogP contribution is -2.38. The fraction of sp³-hybridized carbons (Fsp3) is 0.350. The van der Waals surface area contributed by atoms with Gasteiger partial charge < -0.3 is 25.3 Å². The zero-order chi connectivity index (χ0) is 18.8. The summed E-state index contributed by atoms with van der Waals surface area (Å²) in [4.78, 5) is 6.82. The molecule has 0 atom stereocenters. The Morgan fingerprint density at radius 1 is 1.26 bits per heavy atom. The summed E-state index contributed by atoms with van der Waals surface area (Å²) in [5.41, 5.74) is 8.98. The molecular formula is C20H23N4O3-. The highest BCUT2D eigenvalue weighted by molar-refractivity contribution is 5.78. The predicted octanol–water partition coefficient (Wildman–Crippen LogP) is 2.57. The van der Waals surface area contributed by atoms with E-state index in [4.69, 9.17) is 14.9 Å². The van der Waals surface area contributed by atoms with E-state index in [1.165, 1.54) is 7.11 Å². The molecule has 3 N–H and O–H groups in total. The van der Waals surface area contributed by atoms with Crippen molar-refractivity contribution in [3.63, 3.8) is 0 Å². The van der Waals surface area contributed by atoms with E-state index in [-0.39, 0.29) is 5.75 Å². The summed E-state index contributed by atoms with van der Waals surface area (Å²) in [5.74, 6) is 0.324. The third-order valence-electron chi connectivity index (χ3n) is 4.96. The Balaban J connectivity index is 1.32. The lowest BCUT2D eigenvalue weighted by molar-refractivity contribution is -0.270. The Morgan fingerprint density at radius 3 is 2.81 bits per heavy atom. The van der Waals surface area contributed by atoms with Crippen molar-refractivity contribution in [2.45, 2.75) is 25.4 Å². The third kappa shape index (κ3) is 3.93. The van der Waals surface area contributed by atoms with Crippen LogP contribution in [0.3, 0.4) is 0 Å². The molecule has 0 bridgehead atoms. The Labute approximate surface area is 157 Å². The number of benzene rings is 2. The van der Waals surface area contributed by atoms with Crippen molar-refractivity contribution < 1.29 is 14.3 Å². The van der Waals surface area contributed by atoms with Crippen molar-refractivity contribution in [1.82, 2.24) is 9.88 Å². The average molecular weight is 367 g/mol. The highest BCUT2D eigenvalue weighted by atomic mass is 16.5. The summed E-state index contributed by atoms with van der Waals surface area (Å²) < 4.78 is 10.8. The summed E-state index contributed by atoms with van der Waals surface area (Å²) in [7, 11) is 1.51.